The first-order chi connectivity index (χ1) is 10.1. The van der Waals surface area contributed by atoms with Crippen LogP contribution in [0.2, 0.25) is 0 Å². The SMILES string of the molecule is Cc1nc(N)nc(N)n1.c1ccc(-c2ncncn2)cc1. The molecule has 0 bridgehead atoms. The topological polar surface area (TPSA) is 129 Å². The minimum absolute atomic E-state index is 0.167. The van der Waals surface area contributed by atoms with E-state index in [1.165, 1.54) is 12.7 Å². The maximum absolute atomic E-state index is 5.22. The predicted molar refractivity (Wildman–Crippen MR) is 78.7 cm³/mol. The van der Waals surface area contributed by atoms with Crippen LogP contribution in [0.25, 0.3) is 11.4 Å². The van der Waals surface area contributed by atoms with E-state index in [1.54, 1.807) is 6.92 Å². The molecule has 0 unspecified atom stereocenters. The molecule has 3 aromatic rings. The third kappa shape index (κ3) is 4.46. The predicted octanol–water partition coefficient (Wildman–Crippen LogP) is 0.883. The molecule has 4 N–H and O–H groups in total. The second-order valence-electron chi connectivity index (χ2n) is 3.93. The zero-order valence-electron chi connectivity index (χ0n) is 11.4. The molecule has 0 amide bonds. The van der Waals surface area contributed by atoms with Crippen LogP contribution < -0.4 is 11.5 Å². The fourth-order valence-electron chi connectivity index (χ4n) is 1.50. The average molecular weight is 282 g/mol. The molecule has 0 fully saturated rings. The quantitative estimate of drug-likeness (QED) is 0.672. The summed E-state index contributed by atoms with van der Waals surface area (Å²) in [7, 11) is 0. The smallest absolute Gasteiger partial charge is 0.225 e. The molecular formula is C13H14N8. The number of hydrogen-bond acceptors (Lipinski definition) is 8. The number of benzene rings is 1. The summed E-state index contributed by atoms with van der Waals surface area (Å²) < 4.78 is 0. The monoisotopic (exact) mass is 282 g/mol. The number of anilines is 2. The van der Waals surface area contributed by atoms with Crippen molar-refractivity contribution in [2.24, 2.45) is 0 Å². The summed E-state index contributed by atoms with van der Waals surface area (Å²) in [4.78, 5) is 22.8. The highest BCUT2D eigenvalue weighted by Crippen LogP contribution is 2.10. The number of nitrogen functional groups attached to an aromatic ring is 2. The van der Waals surface area contributed by atoms with Crippen LogP contribution in [0.4, 0.5) is 11.9 Å². The molecular weight excluding hydrogens is 268 g/mol. The van der Waals surface area contributed by atoms with Gasteiger partial charge < -0.3 is 11.5 Å². The number of nitrogens with two attached hydrogens (primary N) is 2. The lowest BCUT2D eigenvalue weighted by Gasteiger charge is -1.95. The summed E-state index contributed by atoms with van der Waals surface area (Å²) in [5.74, 6) is 1.59. The second-order valence-corrected chi connectivity index (χ2v) is 3.93. The standard InChI is InChI=1S/C9H7N3.C4H7N5/c1-2-4-8(5-3-1)9-11-6-10-7-12-9;1-2-7-3(5)9-4(6)8-2/h1-7H;1H3,(H4,5,6,7,8,9). The van der Waals surface area contributed by atoms with Gasteiger partial charge in [-0.2, -0.15) is 15.0 Å². The van der Waals surface area contributed by atoms with Crippen LogP contribution in [-0.4, -0.2) is 29.9 Å². The van der Waals surface area contributed by atoms with Gasteiger partial charge in [-0.05, 0) is 6.92 Å². The Morgan fingerprint density at radius 2 is 1.38 bits per heavy atom. The maximum atomic E-state index is 5.22. The lowest BCUT2D eigenvalue weighted by molar-refractivity contribution is 1.00. The van der Waals surface area contributed by atoms with Crippen LogP contribution in [0.3, 0.4) is 0 Å². The summed E-state index contributed by atoms with van der Waals surface area (Å²) in [6.07, 6.45) is 2.99. The molecule has 0 aliphatic carbocycles. The van der Waals surface area contributed by atoms with E-state index >= 15 is 0 Å². The van der Waals surface area contributed by atoms with E-state index in [-0.39, 0.29) is 11.9 Å². The van der Waals surface area contributed by atoms with Crippen LogP contribution in [0, 0.1) is 6.92 Å². The van der Waals surface area contributed by atoms with E-state index in [0.29, 0.717) is 11.6 Å². The van der Waals surface area contributed by atoms with Crippen LogP contribution in [0.1, 0.15) is 5.82 Å². The molecule has 0 atom stereocenters. The zero-order chi connectivity index (χ0) is 15.1. The van der Waals surface area contributed by atoms with E-state index in [9.17, 15) is 0 Å². The first kappa shape index (κ1) is 14.3. The Balaban J connectivity index is 0.000000161. The summed E-state index contributed by atoms with van der Waals surface area (Å²) in [5.41, 5.74) is 11.4. The zero-order valence-corrected chi connectivity index (χ0v) is 11.4. The second kappa shape index (κ2) is 6.85. The Hall–Kier alpha value is -3.16. The van der Waals surface area contributed by atoms with Crippen molar-refractivity contribution in [3.63, 3.8) is 0 Å². The molecule has 2 heterocycles. The number of aryl methyl sites for hydroxylation is 1. The van der Waals surface area contributed by atoms with Gasteiger partial charge in [-0.15, -0.1) is 0 Å². The minimum atomic E-state index is 0.167. The highest BCUT2D eigenvalue weighted by Gasteiger charge is 1.96. The highest BCUT2D eigenvalue weighted by molar-refractivity contribution is 5.53. The first-order valence-corrected chi connectivity index (χ1v) is 6.06. The fourth-order valence-corrected chi connectivity index (χ4v) is 1.50. The minimum Gasteiger partial charge on any atom is -0.368 e. The Labute approximate surface area is 121 Å². The van der Waals surface area contributed by atoms with Gasteiger partial charge in [0.15, 0.2) is 5.82 Å². The van der Waals surface area contributed by atoms with Crippen molar-refractivity contribution in [1.82, 2.24) is 29.9 Å². The number of hydrogen-bond donors (Lipinski definition) is 2. The van der Waals surface area contributed by atoms with E-state index in [0.717, 1.165) is 5.56 Å². The molecule has 106 valence electrons. The van der Waals surface area contributed by atoms with Gasteiger partial charge in [-0.3, -0.25) is 0 Å². The lowest BCUT2D eigenvalue weighted by Crippen LogP contribution is -2.03. The van der Waals surface area contributed by atoms with Crippen molar-refractivity contribution >= 4 is 11.9 Å². The number of nitrogens with zero attached hydrogens (tertiary/aromatic N) is 6. The number of rotatable bonds is 1. The normalized spacial score (nSPS) is 9.57. The molecule has 21 heavy (non-hydrogen) atoms. The fraction of sp³-hybridized carbons (Fsp3) is 0.0769. The molecule has 0 aliphatic rings. The Bertz CT molecular complexity index is 599. The molecule has 0 spiro atoms. The van der Waals surface area contributed by atoms with E-state index in [2.05, 4.69) is 29.9 Å². The summed E-state index contributed by atoms with van der Waals surface area (Å²) in [5, 5.41) is 0. The summed E-state index contributed by atoms with van der Waals surface area (Å²) in [6.45, 7) is 1.70. The van der Waals surface area contributed by atoms with Crippen LogP contribution >= 0.6 is 0 Å². The molecule has 0 saturated heterocycles. The number of aromatic nitrogens is 6. The van der Waals surface area contributed by atoms with Gasteiger partial charge in [0, 0.05) is 5.56 Å². The third-order valence-electron chi connectivity index (χ3n) is 2.31. The Kier molecular flexibility index (Phi) is 4.65. The van der Waals surface area contributed by atoms with Crippen molar-refractivity contribution in [3.8, 4) is 11.4 Å². The molecule has 8 heteroatoms. The van der Waals surface area contributed by atoms with Gasteiger partial charge in [0.1, 0.15) is 18.5 Å². The molecule has 0 aliphatic heterocycles. The average Bonchev–Trinajstić information content (AvgIpc) is 2.48. The Morgan fingerprint density at radius 1 is 0.810 bits per heavy atom. The van der Waals surface area contributed by atoms with Gasteiger partial charge in [0.2, 0.25) is 11.9 Å². The van der Waals surface area contributed by atoms with E-state index in [1.807, 2.05) is 30.3 Å². The van der Waals surface area contributed by atoms with Gasteiger partial charge >= 0.3 is 0 Å². The van der Waals surface area contributed by atoms with Crippen LogP contribution in [-0.2, 0) is 0 Å². The van der Waals surface area contributed by atoms with Crippen molar-refractivity contribution in [2.75, 3.05) is 11.5 Å². The van der Waals surface area contributed by atoms with E-state index in [4.69, 9.17) is 11.5 Å². The van der Waals surface area contributed by atoms with Crippen LogP contribution in [0.5, 0.6) is 0 Å². The largest absolute Gasteiger partial charge is 0.368 e. The van der Waals surface area contributed by atoms with Crippen molar-refractivity contribution < 1.29 is 0 Å². The molecule has 0 radical (unpaired) electrons. The Morgan fingerprint density at radius 3 is 1.90 bits per heavy atom. The highest BCUT2D eigenvalue weighted by atomic mass is 15.1. The third-order valence-corrected chi connectivity index (χ3v) is 2.31. The summed E-state index contributed by atoms with van der Waals surface area (Å²) >= 11 is 0. The lowest BCUT2D eigenvalue weighted by atomic mass is 10.2. The van der Waals surface area contributed by atoms with Gasteiger partial charge in [-0.1, -0.05) is 30.3 Å². The maximum Gasteiger partial charge on any atom is 0.225 e. The molecule has 0 saturated carbocycles. The van der Waals surface area contributed by atoms with Crippen molar-refractivity contribution in [2.45, 2.75) is 6.92 Å². The van der Waals surface area contributed by atoms with Gasteiger partial charge in [-0.25, -0.2) is 15.0 Å². The molecule has 1 aromatic carbocycles. The van der Waals surface area contributed by atoms with Crippen molar-refractivity contribution in [3.05, 3.63) is 48.8 Å². The van der Waals surface area contributed by atoms with Crippen LogP contribution in [0.15, 0.2) is 43.0 Å². The van der Waals surface area contributed by atoms with Gasteiger partial charge in [0.05, 0.1) is 0 Å². The molecule has 2 aromatic heterocycles. The van der Waals surface area contributed by atoms with E-state index < -0.39 is 0 Å². The van der Waals surface area contributed by atoms with Crippen molar-refractivity contribution in [1.29, 1.82) is 0 Å². The molecule has 8 nitrogen and oxygen atoms in total. The molecule has 3 rings (SSSR count). The van der Waals surface area contributed by atoms with Gasteiger partial charge in [0.25, 0.3) is 0 Å². The first-order valence-electron chi connectivity index (χ1n) is 6.06. The summed E-state index contributed by atoms with van der Waals surface area (Å²) in [6, 6.07) is 9.81.